The molecule has 0 aliphatic carbocycles. The minimum Gasteiger partial charge on any atom is -0.282 e. The number of hydrogen-bond acceptors (Lipinski definition) is 2. The van der Waals surface area contributed by atoms with Gasteiger partial charge in [0, 0.05) is 5.88 Å². The third-order valence-electron chi connectivity index (χ3n) is 2.36. The van der Waals surface area contributed by atoms with Gasteiger partial charge in [-0.15, -0.1) is 11.6 Å². The average Bonchev–Trinajstić information content (AvgIpc) is 2.15. The average molecular weight is 283 g/mol. The van der Waals surface area contributed by atoms with Gasteiger partial charge in [-0.2, -0.15) is 8.42 Å². The van der Waals surface area contributed by atoms with Gasteiger partial charge in [-0.1, -0.05) is 24.6 Å². The maximum atomic E-state index is 11.1. The molecule has 1 aromatic rings. The summed E-state index contributed by atoms with van der Waals surface area (Å²) in [6, 6.07) is 2.89. The van der Waals surface area contributed by atoms with E-state index >= 15 is 0 Å². The van der Waals surface area contributed by atoms with E-state index < -0.39 is 10.1 Å². The van der Waals surface area contributed by atoms with E-state index in [0.717, 1.165) is 5.56 Å². The Morgan fingerprint density at radius 3 is 2.44 bits per heavy atom. The van der Waals surface area contributed by atoms with E-state index in [1.54, 1.807) is 6.07 Å². The first-order chi connectivity index (χ1) is 7.29. The molecule has 3 nitrogen and oxygen atoms in total. The Kier molecular flexibility index (Phi) is 4.23. The topological polar surface area (TPSA) is 54.4 Å². The molecule has 1 unspecified atom stereocenters. The normalized spacial score (nSPS) is 13.8. The first-order valence-electron chi connectivity index (χ1n) is 4.61. The van der Waals surface area contributed by atoms with Gasteiger partial charge in [0.05, 0.1) is 5.02 Å². The Balaban J connectivity index is 3.51. The lowest BCUT2D eigenvalue weighted by atomic mass is 9.98. The maximum Gasteiger partial charge on any atom is 0.296 e. The van der Waals surface area contributed by atoms with E-state index in [-0.39, 0.29) is 15.8 Å². The van der Waals surface area contributed by atoms with Gasteiger partial charge in [-0.25, -0.2) is 0 Å². The Morgan fingerprint density at radius 2 is 2.00 bits per heavy atom. The van der Waals surface area contributed by atoms with E-state index in [0.29, 0.717) is 11.4 Å². The molecule has 0 heterocycles. The summed E-state index contributed by atoms with van der Waals surface area (Å²) in [7, 11) is -4.29. The molecule has 1 N–H and O–H groups in total. The van der Waals surface area contributed by atoms with Crippen LogP contribution in [0.2, 0.25) is 5.02 Å². The largest absolute Gasteiger partial charge is 0.296 e. The van der Waals surface area contributed by atoms with E-state index in [1.165, 1.54) is 6.07 Å². The van der Waals surface area contributed by atoms with Crippen molar-refractivity contribution in [1.82, 2.24) is 0 Å². The van der Waals surface area contributed by atoms with Crippen molar-refractivity contribution in [1.29, 1.82) is 0 Å². The lowest BCUT2D eigenvalue weighted by Gasteiger charge is -2.15. The summed E-state index contributed by atoms with van der Waals surface area (Å²) in [5.74, 6) is 0.256. The molecule has 0 saturated carbocycles. The smallest absolute Gasteiger partial charge is 0.282 e. The van der Waals surface area contributed by atoms with Gasteiger partial charge in [0.15, 0.2) is 0 Å². The summed E-state index contributed by atoms with van der Waals surface area (Å²) in [5.41, 5.74) is 1.51. The van der Waals surface area contributed by atoms with Crippen molar-refractivity contribution in [3.05, 3.63) is 28.3 Å². The summed E-state index contributed by atoms with van der Waals surface area (Å²) < 4.78 is 31.1. The first-order valence-corrected chi connectivity index (χ1v) is 6.96. The number of alkyl halides is 1. The zero-order valence-electron chi connectivity index (χ0n) is 8.87. The molecule has 90 valence electrons. The highest BCUT2D eigenvalue weighted by atomic mass is 35.5. The molecular weight excluding hydrogens is 271 g/mol. The summed E-state index contributed by atoms with van der Waals surface area (Å²) >= 11 is 11.7. The maximum absolute atomic E-state index is 11.1. The Labute approximate surface area is 105 Å². The molecule has 0 aliphatic heterocycles. The van der Waals surface area contributed by atoms with Gasteiger partial charge in [0.25, 0.3) is 10.1 Å². The van der Waals surface area contributed by atoms with Crippen LogP contribution < -0.4 is 0 Å². The molecule has 1 aromatic carbocycles. The quantitative estimate of drug-likeness (QED) is 0.684. The molecule has 0 spiro atoms. The van der Waals surface area contributed by atoms with Crippen LogP contribution >= 0.6 is 23.2 Å². The molecule has 0 saturated heterocycles. The number of hydrogen-bond donors (Lipinski definition) is 1. The van der Waals surface area contributed by atoms with Crippen LogP contribution in [0.4, 0.5) is 0 Å². The molecule has 16 heavy (non-hydrogen) atoms. The second kappa shape index (κ2) is 4.92. The lowest BCUT2D eigenvalue weighted by molar-refractivity contribution is 0.483. The highest BCUT2D eigenvalue weighted by Crippen LogP contribution is 2.33. The van der Waals surface area contributed by atoms with Gasteiger partial charge in [0.2, 0.25) is 0 Å². The zero-order valence-corrected chi connectivity index (χ0v) is 11.2. The lowest BCUT2D eigenvalue weighted by Crippen LogP contribution is -2.05. The van der Waals surface area contributed by atoms with Gasteiger partial charge in [0.1, 0.15) is 4.90 Å². The summed E-state index contributed by atoms with van der Waals surface area (Å²) in [6.07, 6.45) is 0. The summed E-state index contributed by atoms with van der Waals surface area (Å²) in [4.78, 5) is -0.272. The Bertz CT molecular complexity index is 497. The van der Waals surface area contributed by atoms with Crippen molar-refractivity contribution in [3.63, 3.8) is 0 Å². The monoisotopic (exact) mass is 282 g/mol. The SMILES string of the molecule is Cc1ccc(S(=O)(=O)O)c(Cl)c1C(C)CCl. The minimum absolute atomic E-state index is 0.0515. The van der Waals surface area contributed by atoms with E-state index in [9.17, 15) is 8.42 Å². The number of rotatable bonds is 3. The van der Waals surface area contributed by atoms with Crippen LogP contribution in [0, 0.1) is 6.92 Å². The van der Waals surface area contributed by atoms with Crippen molar-refractivity contribution in [3.8, 4) is 0 Å². The second-order valence-corrected chi connectivity index (χ2v) is 5.72. The predicted octanol–water partition coefficient (Wildman–Crippen LogP) is 3.24. The number of aryl methyl sites for hydroxylation is 1. The fourth-order valence-corrected chi connectivity index (χ4v) is 2.97. The minimum atomic E-state index is -4.29. The predicted molar refractivity (Wildman–Crippen MR) is 65.1 cm³/mol. The van der Waals surface area contributed by atoms with Gasteiger partial charge in [-0.05, 0) is 30.0 Å². The standard InChI is InChI=1S/C10H12Cl2O3S/c1-6-3-4-8(16(13,14)15)10(12)9(6)7(2)5-11/h3-4,7H,5H2,1-2H3,(H,13,14,15). The molecule has 1 atom stereocenters. The summed E-state index contributed by atoms with van der Waals surface area (Å²) in [6.45, 7) is 3.66. The third-order valence-corrected chi connectivity index (χ3v) is 4.24. The Hall–Kier alpha value is -0.290. The van der Waals surface area contributed by atoms with Crippen molar-refractivity contribution < 1.29 is 13.0 Å². The molecular formula is C10H12Cl2O3S. The van der Waals surface area contributed by atoms with E-state index in [2.05, 4.69) is 0 Å². The van der Waals surface area contributed by atoms with E-state index in [4.69, 9.17) is 27.8 Å². The molecule has 6 heteroatoms. The van der Waals surface area contributed by atoms with Crippen LogP contribution in [-0.2, 0) is 10.1 Å². The van der Waals surface area contributed by atoms with Crippen LogP contribution in [0.25, 0.3) is 0 Å². The van der Waals surface area contributed by atoms with Crippen molar-refractivity contribution in [2.75, 3.05) is 5.88 Å². The second-order valence-electron chi connectivity index (χ2n) is 3.64. The van der Waals surface area contributed by atoms with Crippen LogP contribution in [0.3, 0.4) is 0 Å². The van der Waals surface area contributed by atoms with Crippen molar-refractivity contribution in [2.24, 2.45) is 0 Å². The van der Waals surface area contributed by atoms with Crippen molar-refractivity contribution in [2.45, 2.75) is 24.7 Å². The highest BCUT2D eigenvalue weighted by molar-refractivity contribution is 7.86. The molecule has 0 amide bonds. The van der Waals surface area contributed by atoms with Gasteiger partial charge >= 0.3 is 0 Å². The van der Waals surface area contributed by atoms with E-state index in [1.807, 2.05) is 13.8 Å². The zero-order chi connectivity index (χ0) is 12.5. The van der Waals surface area contributed by atoms with Gasteiger partial charge in [-0.3, -0.25) is 4.55 Å². The number of halogens is 2. The molecule has 0 fully saturated rings. The first kappa shape index (κ1) is 13.8. The fourth-order valence-electron chi connectivity index (χ4n) is 1.55. The third kappa shape index (κ3) is 2.69. The van der Waals surface area contributed by atoms with Crippen LogP contribution in [0.5, 0.6) is 0 Å². The Morgan fingerprint density at radius 1 is 1.44 bits per heavy atom. The molecule has 0 aromatic heterocycles. The highest BCUT2D eigenvalue weighted by Gasteiger charge is 2.21. The molecule has 1 rings (SSSR count). The van der Waals surface area contributed by atoms with Crippen LogP contribution in [-0.4, -0.2) is 18.9 Å². The summed E-state index contributed by atoms with van der Waals surface area (Å²) in [5, 5.41) is 0.0515. The van der Waals surface area contributed by atoms with Crippen molar-refractivity contribution >= 4 is 33.3 Å². The van der Waals surface area contributed by atoms with Crippen LogP contribution in [0.1, 0.15) is 24.0 Å². The van der Waals surface area contributed by atoms with Crippen LogP contribution in [0.15, 0.2) is 17.0 Å². The molecule has 0 radical (unpaired) electrons. The molecule has 0 aliphatic rings. The number of benzene rings is 1. The van der Waals surface area contributed by atoms with Gasteiger partial charge < -0.3 is 0 Å². The molecule has 0 bridgehead atoms. The fraction of sp³-hybridized carbons (Fsp3) is 0.400.